The number of halogens is 2. The van der Waals surface area contributed by atoms with Crippen LogP contribution in [0.3, 0.4) is 0 Å². The molecule has 21 heavy (non-hydrogen) atoms. The summed E-state index contributed by atoms with van der Waals surface area (Å²) in [4.78, 5) is -0.437. The zero-order chi connectivity index (χ0) is 15.6. The van der Waals surface area contributed by atoms with Crippen LogP contribution in [-0.2, 0) is 16.6 Å². The highest BCUT2D eigenvalue weighted by molar-refractivity contribution is 9.10. The average Bonchev–Trinajstić information content (AvgIpc) is 2.94. The van der Waals surface area contributed by atoms with E-state index in [2.05, 4.69) is 30.8 Å². The maximum absolute atomic E-state index is 14.2. The van der Waals surface area contributed by atoms with Crippen molar-refractivity contribution in [1.29, 1.82) is 0 Å². The van der Waals surface area contributed by atoms with Gasteiger partial charge in [-0.25, -0.2) is 17.5 Å². The number of sulfonamides is 1. The maximum atomic E-state index is 14.2. The number of H-pyrrole nitrogens is 1. The van der Waals surface area contributed by atoms with Crippen LogP contribution in [-0.4, -0.2) is 18.6 Å². The van der Waals surface area contributed by atoms with E-state index >= 15 is 0 Å². The van der Waals surface area contributed by atoms with Crippen molar-refractivity contribution < 1.29 is 12.8 Å². The Morgan fingerprint density at radius 3 is 2.81 bits per heavy atom. The molecule has 6 nitrogen and oxygen atoms in total. The van der Waals surface area contributed by atoms with Crippen molar-refractivity contribution in [3.8, 4) is 0 Å². The smallest absolute Gasteiger partial charge is 0.244 e. The lowest BCUT2D eigenvalue weighted by Crippen LogP contribution is -2.28. The molecule has 9 heteroatoms. The van der Waals surface area contributed by atoms with Gasteiger partial charge in [-0.1, -0.05) is 15.9 Å². The summed E-state index contributed by atoms with van der Waals surface area (Å²) < 4.78 is 41.7. The number of aromatic amines is 1. The van der Waals surface area contributed by atoms with Gasteiger partial charge >= 0.3 is 0 Å². The van der Waals surface area contributed by atoms with E-state index in [1.807, 2.05) is 0 Å². The average molecular weight is 377 g/mol. The predicted octanol–water partition coefficient (Wildman–Crippen LogP) is 1.81. The molecule has 1 heterocycles. The summed E-state index contributed by atoms with van der Waals surface area (Å²) in [5, 5.41) is 6.34. The standard InChI is InChI=1S/C12H14BrFN4O2S/c1-7(9-5-16-17-6-9)18-21(19,20)11-3-10(13)2-8(4-15)12(11)14/h2-3,5-7,18H,4,15H2,1H3,(H,16,17). The first-order valence-electron chi connectivity index (χ1n) is 6.04. The zero-order valence-corrected chi connectivity index (χ0v) is 13.5. The zero-order valence-electron chi connectivity index (χ0n) is 11.1. The van der Waals surface area contributed by atoms with Crippen molar-refractivity contribution in [3.63, 3.8) is 0 Å². The molecule has 0 bridgehead atoms. The van der Waals surface area contributed by atoms with Gasteiger partial charge in [-0.3, -0.25) is 5.10 Å². The second-order valence-corrected chi connectivity index (χ2v) is 7.05. The van der Waals surface area contributed by atoms with Gasteiger partial charge in [0.1, 0.15) is 10.7 Å². The molecule has 0 radical (unpaired) electrons. The molecule has 0 amide bonds. The molecule has 0 fully saturated rings. The summed E-state index contributed by atoms with van der Waals surface area (Å²) in [7, 11) is -4.02. The Morgan fingerprint density at radius 2 is 2.24 bits per heavy atom. The van der Waals surface area contributed by atoms with Crippen molar-refractivity contribution >= 4 is 26.0 Å². The van der Waals surface area contributed by atoms with Crippen LogP contribution in [0, 0.1) is 5.82 Å². The first kappa shape index (κ1) is 16.1. The summed E-state index contributed by atoms with van der Waals surface area (Å²) in [6.07, 6.45) is 3.06. The minimum atomic E-state index is -4.02. The molecule has 2 rings (SSSR count). The van der Waals surface area contributed by atoms with Crippen LogP contribution in [0.1, 0.15) is 24.1 Å². The van der Waals surface area contributed by atoms with E-state index in [9.17, 15) is 12.8 Å². The molecule has 1 unspecified atom stereocenters. The number of nitrogens with two attached hydrogens (primary N) is 1. The van der Waals surface area contributed by atoms with Crippen molar-refractivity contribution in [3.05, 3.63) is 45.9 Å². The largest absolute Gasteiger partial charge is 0.326 e. The third-order valence-electron chi connectivity index (χ3n) is 2.94. The van der Waals surface area contributed by atoms with Crippen molar-refractivity contribution in [2.45, 2.75) is 24.4 Å². The van der Waals surface area contributed by atoms with Crippen LogP contribution in [0.2, 0.25) is 0 Å². The lowest BCUT2D eigenvalue weighted by Gasteiger charge is -2.14. The Hall–Kier alpha value is -1.29. The molecule has 0 spiro atoms. The number of rotatable bonds is 5. The monoisotopic (exact) mass is 376 g/mol. The molecule has 0 aliphatic heterocycles. The van der Waals surface area contributed by atoms with Crippen molar-refractivity contribution in [2.24, 2.45) is 5.73 Å². The van der Waals surface area contributed by atoms with Crippen LogP contribution in [0.15, 0.2) is 33.9 Å². The van der Waals surface area contributed by atoms with Gasteiger partial charge in [0.05, 0.1) is 6.20 Å². The molecule has 0 saturated carbocycles. The number of benzene rings is 1. The van der Waals surface area contributed by atoms with E-state index in [-0.39, 0.29) is 12.1 Å². The lowest BCUT2D eigenvalue weighted by atomic mass is 10.2. The second-order valence-electron chi connectivity index (χ2n) is 4.46. The molecule has 4 N–H and O–H groups in total. The van der Waals surface area contributed by atoms with Crippen LogP contribution in [0.25, 0.3) is 0 Å². The molecular weight excluding hydrogens is 363 g/mol. The molecule has 1 aromatic heterocycles. The van der Waals surface area contributed by atoms with Gasteiger partial charge in [0.2, 0.25) is 10.0 Å². The minimum absolute atomic E-state index is 0.0922. The molecule has 0 aliphatic carbocycles. The maximum Gasteiger partial charge on any atom is 0.244 e. The minimum Gasteiger partial charge on any atom is -0.326 e. The highest BCUT2D eigenvalue weighted by Crippen LogP contribution is 2.25. The van der Waals surface area contributed by atoms with E-state index in [4.69, 9.17) is 5.73 Å². The topological polar surface area (TPSA) is 101 Å². The van der Waals surface area contributed by atoms with Gasteiger partial charge in [0.15, 0.2) is 0 Å². The highest BCUT2D eigenvalue weighted by Gasteiger charge is 2.24. The highest BCUT2D eigenvalue weighted by atomic mass is 79.9. The summed E-state index contributed by atoms with van der Waals surface area (Å²) in [5.41, 5.74) is 6.19. The van der Waals surface area contributed by atoms with Gasteiger partial charge in [-0.2, -0.15) is 5.10 Å². The van der Waals surface area contributed by atoms with E-state index in [1.54, 1.807) is 13.1 Å². The van der Waals surface area contributed by atoms with Crippen LogP contribution in [0.5, 0.6) is 0 Å². The van der Waals surface area contributed by atoms with Crippen LogP contribution in [0.4, 0.5) is 4.39 Å². The molecular formula is C12H14BrFN4O2S. The SMILES string of the molecule is CC(NS(=O)(=O)c1cc(Br)cc(CN)c1F)c1cn[nH]c1. The third-order valence-corrected chi connectivity index (χ3v) is 4.94. The fraction of sp³-hybridized carbons (Fsp3) is 0.250. The summed E-state index contributed by atoms with van der Waals surface area (Å²) in [6.45, 7) is 1.55. The van der Waals surface area contributed by atoms with E-state index < -0.39 is 26.8 Å². The van der Waals surface area contributed by atoms with Gasteiger partial charge < -0.3 is 5.73 Å². The van der Waals surface area contributed by atoms with Gasteiger partial charge in [-0.15, -0.1) is 0 Å². The molecule has 0 saturated heterocycles. The molecule has 1 atom stereocenters. The van der Waals surface area contributed by atoms with Crippen molar-refractivity contribution in [1.82, 2.24) is 14.9 Å². The first-order valence-corrected chi connectivity index (χ1v) is 8.31. The van der Waals surface area contributed by atoms with E-state index in [0.29, 0.717) is 10.0 Å². The quantitative estimate of drug-likeness (QED) is 0.740. The van der Waals surface area contributed by atoms with E-state index in [1.165, 1.54) is 18.3 Å². The lowest BCUT2D eigenvalue weighted by molar-refractivity contribution is 0.541. The number of nitrogens with one attached hydrogen (secondary N) is 2. The number of hydrogen-bond donors (Lipinski definition) is 3. The Kier molecular flexibility index (Phi) is 4.77. The van der Waals surface area contributed by atoms with Crippen LogP contribution >= 0.6 is 15.9 Å². The van der Waals surface area contributed by atoms with E-state index in [0.717, 1.165) is 0 Å². The Morgan fingerprint density at radius 1 is 1.52 bits per heavy atom. The molecule has 0 aliphatic rings. The fourth-order valence-electron chi connectivity index (χ4n) is 1.82. The molecule has 2 aromatic rings. The fourth-order valence-corrected chi connectivity index (χ4v) is 3.86. The predicted molar refractivity (Wildman–Crippen MR) is 79.3 cm³/mol. The summed E-state index contributed by atoms with van der Waals surface area (Å²) in [6, 6.07) is 2.11. The number of nitrogens with zero attached hydrogens (tertiary/aromatic N) is 1. The second kappa shape index (κ2) is 6.22. The normalized spacial score (nSPS) is 13.3. The first-order chi connectivity index (χ1) is 9.85. The number of hydrogen-bond acceptors (Lipinski definition) is 4. The molecule has 114 valence electrons. The summed E-state index contributed by atoms with van der Waals surface area (Å²) in [5.74, 6) is -0.840. The van der Waals surface area contributed by atoms with Gasteiger partial charge in [0, 0.05) is 34.4 Å². The van der Waals surface area contributed by atoms with Crippen LogP contribution < -0.4 is 10.5 Å². The van der Waals surface area contributed by atoms with Crippen molar-refractivity contribution in [2.75, 3.05) is 0 Å². The Labute approximate surface area is 130 Å². The number of aromatic nitrogens is 2. The van der Waals surface area contributed by atoms with Gasteiger partial charge in [-0.05, 0) is 19.1 Å². The summed E-state index contributed by atoms with van der Waals surface area (Å²) >= 11 is 3.16. The Balaban J connectivity index is 2.38. The Bertz CT molecular complexity index is 734. The van der Waals surface area contributed by atoms with Gasteiger partial charge in [0.25, 0.3) is 0 Å². The third kappa shape index (κ3) is 3.49. The molecule has 1 aromatic carbocycles.